The Morgan fingerprint density at radius 2 is 2.10 bits per heavy atom. The summed E-state index contributed by atoms with van der Waals surface area (Å²) in [4.78, 5) is 10.6. The van der Waals surface area contributed by atoms with Crippen LogP contribution < -0.4 is 11.5 Å². The van der Waals surface area contributed by atoms with Crippen molar-refractivity contribution in [2.24, 2.45) is 11.5 Å². The molecule has 3 nitrogen and oxygen atoms in total. The lowest BCUT2D eigenvalue weighted by Crippen LogP contribution is -2.28. The molecule has 0 bridgehead atoms. The predicted octanol–water partition coefficient (Wildman–Crippen LogP) is 0.0317. The highest BCUT2D eigenvalue weighted by Gasteiger charge is 2.05. The van der Waals surface area contributed by atoms with Crippen molar-refractivity contribution >= 4 is 5.78 Å². The number of hydrogen-bond donors (Lipinski definition) is 2. The van der Waals surface area contributed by atoms with E-state index < -0.39 is 0 Å². The van der Waals surface area contributed by atoms with E-state index in [1.54, 1.807) is 0 Å². The molecule has 0 aliphatic heterocycles. The SMILES string of the molecule is CC(=O)C(N)CCCCN. The topological polar surface area (TPSA) is 69.1 Å². The fourth-order valence-electron chi connectivity index (χ4n) is 0.712. The Bertz CT molecular complexity index is 104. The molecule has 0 aliphatic rings. The van der Waals surface area contributed by atoms with Gasteiger partial charge in [0, 0.05) is 0 Å². The quantitative estimate of drug-likeness (QED) is 0.535. The van der Waals surface area contributed by atoms with Crippen molar-refractivity contribution < 1.29 is 4.79 Å². The molecule has 10 heavy (non-hydrogen) atoms. The Morgan fingerprint density at radius 3 is 2.50 bits per heavy atom. The fraction of sp³-hybridized carbons (Fsp3) is 0.857. The van der Waals surface area contributed by atoms with E-state index in [-0.39, 0.29) is 11.8 Å². The van der Waals surface area contributed by atoms with Gasteiger partial charge in [0.15, 0.2) is 0 Å². The van der Waals surface area contributed by atoms with Crippen molar-refractivity contribution in [3.63, 3.8) is 0 Å². The summed E-state index contributed by atoms with van der Waals surface area (Å²) in [6.45, 7) is 2.21. The number of hydrogen-bond acceptors (Lipinski definition) is 3. The molecule has 1 atom stereocenters. The molecular formula is C7H16N2O. The minimum absolute atomic E-state index is 0.0667. The first kappa shape index (κ1) is 9.59. The number of carbonyl (C=O) groups excluding carboxylic acids is 1. The summed E-state index contributed by atoms with van der Waals surface area (Å²) in [6.07, 6.45) is 2.69. The Hall–Kier alpha value is -0.410. The number of unbranched alkanes of at least 4 members (excludes halogenated alkanes) is 1. The zero-order valence-electron chi connectivity index (χ0n) is 6.47. The van der Waals surface area contributed by atoms with Gasteiger partial charge in [0.2, 0.25) is 0 Å². The summed E-state index contributed by atoms with van der Waals surface area (Å²) in [5.41, 5.74) is 10.7. The van der Waals surface area contributed by atoms with E-state index >= 15 is 0 Å². The first-order valence-electron chi connectivity index (χ1n) is 3.64. The highest BCUT2D eigenvalue weighted by Crippen LogP contribution is 1.97. The molecule has 0 aliphatic carbocycles. The van der Waals surface area contributed by atoms with Gasteiger partial charge in [-0.3, -0.25) is 4.79 Å². The van der Waals surface area contributed by atoms with E-state index in [1.807, 2.05) is 0 Å². The molecule has 4 N–H and O–H groups in total. The van der Waals surface area contributed by atoms with E-state index in [0.717, 1.165) is 19.3 Å². The molecule has 0 saturated carbocycles. The van der Waals surface area contributed by atoms with E-state index in [2.05, 4.69) is 0 Å². The number of carbonyl (C=O) groups is 1. The minimum Gasteiger partial charge on any atom is -0.330 e. The monoisotopic (exact) mass is 144 g/mol. The van der Waals surface area contributed by atoms with Crippen LogP contribution in [0.5, 0.6) is 0 Å². The van der Waals surface area contributed by atoms with Gasteiger partial charge in [0.05, 0.1) is 6.04 Å². The Morgan fingerprint density at radius 1 is 1.50 bits per heavy atom. The maximum Gasteiger partial charge on any atom is 0.146 e. The fourth-order valence-corrected chi connectivity index (χ4v) is 0.712. The van der Waals surface area contributed by atoms with Crippen LogP contribution in [-0.2, 0) is 4.79 Å². The van der Waals surface area contributed by atoms with Crippen molar-refractivity contribution in [1.82, 2.24) is 0 Å². The lowest BCUT2D eigenvalue weighted by atomic mass is 10.1. The van der Waals surface area contributed by atoms with Crippen LogP contribution in [0.25, 0.3) is 0 Å². The highest BCUT2D eigenvalue weighted by atomic mass is 16.1. The number of rotatable bonds is 5. The lowest BCUT2D eigenvalue weighted by Gasteiger charge is -2.05. The molecule has 0 fully saturated rings. The highest BCUT2D eigenvalue weighted by molar-refractivity contribution is 5.80. The molecule has 0 aromatic carbocycles. The van der Waals surface area contributed by atoms with Crippen LogP contribution in [-0.4, -0.2) is 18.4 Å². The van der Waals surface area contributed by atoms with Gasteiger partial charge in [-0.25, -0.2) is 0 Å². The maximum absolute atomic E-state index is 10.6. The van der Waals surface area contributed by atoms with E-state index in [0.29, 0.717) is 6.54 Å². The van der Waals surface area contributed by atoms with E-state index in [9.17, 15) is 4.79 Å². The molecule has 60 valence electrons. The van der Waals surface area contributed by atoms with Crippen molar-refractivity contribution in [2.75, 3.05) is 6.54 Å². The van der Waals surface area contributed by atoms with Gasteiger partial charge in [0.1, 0.15) is 5.78 Å². The molecule has 0 aromatic heterocycles. The van der Waals surface area contributed by atoms with Crippen LogP contribution in [0.3, 0.4) is 0 Å². The maximum atomic E-state index is 10.6. The molecule has 0 saturated heterocycles. The van der Waals surface area contributed by atoms with Crippen LogP contribution in [0.15, 0.2) is 0 Å². The number of nitrogens with two attached hydrogens (primary N) is 2. The molecule has 0 spiro atoms. The molecule has 1 unspecified atom stereocenters. The van der Waals surface area contributed by atoms with Crippen LogP contribution in [0.2, 0.25) is 0 Å². The van der Waals surface area contributed by atoms with Gasteiger partial charge in [-0.05, 0) is 26.3 Å². The summed E-state index contributed by atoms with van der Waals surface area (Å²) < 4.78 is 0. The van der Waals surface area contributed by atoms with Crippen molar-refractivity contribution in [3.05, 3.63) is 0 Å². The number of ketones is 1. The summed E-state index contributed by atoms with van der Waals surface area (Å²) in [5.74, 6) is 0.0667. The van der Waals surface area contributed by atoms with Crippen LogP contribution in [0, 0.1) is 0 Å². The molecule has 0 heterocycles. The summed E-state index contributed by atoms with van der Waals surface area (Å²) >= 11 is 0. The molecule has 0 rings (SSSR count). The summed E-state index contributed by atoms with van der Waals surface area (Å²) in [6, 6.07) is -0.272. The Balaban J connectivity index is 3.21. The van der Waals surface area contributed by atoms with Gasteiger partial charge in [-0.15, -0.1) is 0 Å². The van der Waals surface area contributed by atoms with E-state index in [1.165, 1.54) is 6.92 Å². The van der Waals surface area contributed by atoms with Gasteiger partial charge < -0.3 is 11.5 Å². The summed E-state index contributed by atoms with van der Waals surface area (Å²) in [5, 5.41) is 0. The zero-order chi connectivity index (χ0) is 7.98. The second-order valence-corrected chi connectivity index (χ2v) is 2.50. The molecule has 0 amide bonds. The number of Topliss-reactive ketones (excluding diaryl/α,β-unsaturated/α-hetero) is 1. The van der Waals surface area contributed by atoms with Crippen LogP contribution >= 0.6 is 0 Å². The van der Waals surface area contributed by atoms with E-state index in [4.69, 9.17) is 11.5 Å². The minimum atomic E-state index is -0.272. The Kier molecular flexibility index (Phi) is 5.16. The smallest absolute Gasteiger partial charge is 0.146 e. The second kappa shape index (κ2) is 5.38. The molecule has 0 aromatic rings. The van der Waals surface area contributed by atoms with Gasteiger partial charge in [0.25, 0.3) is 0 Å². The third kappa shape index (κ3) is 4.47. The third-order valence-electron chi connectivity index (χ3n) is 1.49. The normalized spacial score (nSPS) is 13.1. The molecule has 3 heteroatoms. The zero-order valence-corrected chi connectivity index (χ0v) is 6.47. The average Bonchev–Trinajstić information content (AvgIpc) is 1.88. The van der Waals surface area contributed by atoms with Gasteiger partial charge in [-0.1, -0.05) is 6.42 Å². The summed E-state index contributed by atoms with van der Waals surface area (Å²) in [7, 11) is 0. The third-order valence-corrected chi connectivity index (χ3v) is 1.49. The van der Waals surface area contributed by atoms with Crippen LogP contribution in [0.4, 0.5) is 0 Å². The lowest BCUT2D eigenvalue weighted by molar-refractivity contribution is -0.118. The van der Waals surface area contributed by atoms with Gasteiger partial charge in [-0.2, -0.15) is 0 Å². The second-order valence-electron chi connectivity index (χ2n) is 2.50. The van der Waals surface area contributed by atoms with Gasteiger partial charge >= 0.3 is 0 Å². The largest absolute Gasteiger partial charge is 0.330 e. The first-order valence-corrected chi connectivity index (χ1v) is 3.64. The molecular weight excluding hydrogens is 128 g/mol. The molecule has 0 radical (unpaired) electrons. The van der Waals surface area contributed by atoms with Crippen molar-refractivity contribution in [2.45, 2.75) is 32.2 Å². The van der Waals surface area contributed by atoms with Crippen molar-refractivity contribution in [1.29, 1.82) is 0 Å². The van der Waals surface area contributed by atoms with Crippen LogP contribution in [0.1, 0.15) is 26.2 Å². The Labute approximate surface area is 61.8 Å². The first-order chi connectivity index (χ1) is 4.68. The predicted molar refractivity (Wildman–Crippen MR) is 41.6 cm³/mol. The average molecular weight is 144 g/mol. The van der Waals surface area contributed by atoms with Crippen molar-refractivity contribution in [3.8, 4) is 0 Å². The standard InChI is InChI=1S/C7H16N2O/c1-6(10)7(9)4-2-3-5-8/h7H,2-5,8-9H2,1H3.